The van der Waals surface area contributed by atoms with Crippen LogP contribution in [-0.2, 0) is 0 Å². The number of aryl methyl sites for hydroxylation is 1. The normalized spacial score (nSPS) is 10.7. The van der Waals surface area contributed by atoms with E-state index in [2.05, 4.69) is 20.6 Å². The molecule has 0 atom stereocenters. The summed E-state index contributed by atoms with van der Waals surface area (Å²) in [5.41, 5.74) is 2.90. The Kier molecular flexibility index (Phi) is 4.03. The first-order valence-electron chi connectivity index (χ1n) is 7.92. The van der Waals surface area contributed by atoms with Gasteiger partial charge in [0.1, 0.15) is 0 Å². The van der Waals surface area contributed by atoms with Crippen LogP contribution in [0.3, 0.4) is 0 Å². The van der Waals surface area contributed by atoms with Gasteiger partial charge in [-0.25, -0.2) is 0 Å². The molecule has 0 aliphatic carbocycles. The maximum absolute atomic E-state index is 12.4. The molecule has 4 aromatic rings. The summed E-state index contributed by atoms with van der Waals surface area (Å²) in [7, 11) is 0. The average molecular weight is 346 g/mol. The van der Waals surface area contributed by atoms with Gasteiger partial charge in [0.15, 0.2) is 5.76 Å². The van der Waals surface area contributed by atoms with Crippen molar-refractivity contribution in [1.82, 2.24) is 15.3 Å². The minimum absolute atomic E-state index is 0.201. The molecule has 7 nitrogen and oxygen atoms in total. The molecule has 0 aliphatic heterocycles. The Morgan fingerprint density at radius 3 is 2.27 bits per heavy atom. The summed E-state index contributed by atoms with van der Waals surface area (Å²) in [6, 6.07) is 16.1. The summed E-state index contributed by atoms with van der Waals surface area (Å²) in [6.45, 7) is 1.73. The molecule has 0 saturated heterocycles. The second-order valence-corrected chi connectivity index (χ2v) is 5.62. The number of rotatable bonds is 4. The van der Waals surface area contributed by atoms with E-state index in [9.17, 15) is 4.79 Å². The van der Waals surface area contributed by atoms with E-state index in [4.69, 9.17) is 9.05 Å². The van der Waals surface area contributed by atoms with Crippen LogP contribution in [0.2, 0.25) is 0 Å². The molecule has 2 aromatic heterocycles. The first-order chi connectivity index (χ1) is 12.7. The quantitative estimate of drug-likeness (QED) is 0.601. The topological polar surface area (TPSA) is 94.1 Å². The molecule has 2 aromatic carbocycles. The number of nitrogens with zero attached hydrogens (tertiary/aromatic N) is 3. The predicted molar refractivity (Wildman–Crippen MR) is 94.4 cm³/mol. The Balaban J connectivity index is 1.46. The van der Waals surface area contributed by atoms with Crippen LogP contribution in [0.4, 0.5) is 5.69 Å². The number of nitrogens with one attached hydrogen (secondary N) is 1. The lowest BCUT2D eigenvalue weighted by molar-refractivity contribution is 0.102. The van der Waals surface area contributed by atoms with E-state index < -0.39 is 0 Å². The molecular formula is C19H14N4O3. The molecular weight excluding hydrogens is 332 g/mol. The Morgan fingerprint density at radius 1 is 0.923 bits per heavy atom. The lowest BCUT2D eigenvalue weighted by Gasteiger charge is -2.06. The van der Waals surface area contributed by atoms with Crippen molar-refractivity contribution in [3.63, 3.8) is 0 Å². The fourth-order valence-electron chi connectivity index (χ4n) is 2.47. The van der Waals surface area contributed by atoms with Gasteiger partial charge in [-0.05, 0) is 36.4 Å². The smallest absolute Gasteiger partial charge is 0.255 e. The van der Waals surface area contributed by atoms with Crippen molar-refractivity contribution in [2.75, 3.05) is 5.32 Å². The van der Waals surface area contributed by atoms with Crippen LogP contribution < -0.4 is 5.32 Å². The fourth-order valence-corrected chi connectivity index (χ4v) is 2.47. The van der Waals surface area contributed by atoms with Crippen LogP contribution in [0.1, 0.15) is 16.2 Å². The molecule has 0 bridgehead atoms. The van der Waals surface area contributed by atoms with Gasteiger partial charge in [-0.1, -0.05) is 22.4 Å². The first-order valence-corrected chi connectivity index (χ1v) is 7.92. The van der Waals surface area contributed by atoms with Crippen molar-refractivity contribution in [3.05, 3.63) is 72.2 Å². The zero-order valence-electron chi connectivity index (χ0n) is 13.8. The highest BCUT2D eigenvalue weighted by Gasteiger charge is 2.10. The zero-order chi connectivity index (χ0) is 17.9. The molecule has 0 radical (unpaired) electrons. The summed E-state index contributed by atoms with van der Waals surface area (Å²) < 4.78 is 10.1. The summed E-state index contributed by atoms with van der Waals surface area (Å²) in [6.07, 6.45) is 1.59. The van der Waals surface area contributed by atoms with Crippen LogP contribution in [-0.4, -0.2) is 21.2 Å². The van der Waals surface area contributed by atoms with Crippen molar-refractivity contribution in [1.29, 1.82) is 0 Å². The molecule has 1 N–H and O–H groups in total. The van der Waals surface area contributed by atoms with E-state index in [1.165, 1.54) is 0 Å². The third-order valence-electron chi connectivity index (χ3n) is 3.80. The molecule has 0 spiro atoms. The van der Waals surface area contributed by atoms with Gasteiger partial charge >= 0.3 is 0 Å². The van der Waals surface area contributed by atoms with Crippen molar-refractivity contribution in [2.45, 2.75) is 6.92 Å². The molecule has 0 saturated carbocycles. The van der Waals surface area contributed by atoms with Crippen LogP contribution in [0.15, 0.2) is 69.8 Å². The van der Waals surface area contributed by atoms with Crippen molar-refractivity contribution in [2.24, 2.45) is 0 Å². The van der Waals surface area contributed by atoms with E-state index in [0.29, 0.717) is 28.7 Å². The first kappa shape index (κ1) is 15.8. The largest absolute Gasteiger partial charge is 0.356 e. The third-order valence-corrected chi connectivity index (χ3v) is 3.80. The highest BCUT2D eigenvalue weighted by atomic mass is 16.5. The number of benzene rings is 2. The van der Waals surface area contributed by atoms with Crippen LogP contribution in [0.5, 0.6) is 0 Å². The summed E-state index contributed by atoms with van der Waals surface area (Å²) in [5, 5.41) is 10.4. The van der Waals surface area contributed by atoms with Gasteiger partial charge in [-0.15, -0.1) is 0 Å². The second-order valence-electron chi connectivity index (χ2n) is 5.62. The van der Waals surface area contributed by atoms with E-state index >= 15 is 0 Å². The second kappa shape index (κ2) is 6.64. The summed E-state index contributed by atoms with van der Waals surface area (Å²) >= 11 is 0. The molecule has 7 heteroatoms. The van der Waals surface area contributed by atoms with Gasteiger partial charge < -0.3 is 14.4 Å². The Bertz CT molecular complexity index is 1020. The zero-order valence-corrected chi connectivity index (χ0v) is 13.8. The summed E-state index contributed by atoms with van der Waals surface area (Å²) in [4.78, 5) is 16.6. The number of carbonyl (C=O) groups is 1. The van der Waals surface area contributed by atoms with Gasteiger partial charge in [0.25, 0.3) is 5.91 Å². The third kappa shape index (κ3) is 3.23. The molecule has 26 heavy (non-hydrogen) atoms. The Hall–Kier alpha value is -3.74. The van der Waals surface area contributed by atoms with Crippen molar-refractivity contribution < 1.29 is 13.8 Å². The molecule has 128 valence electrons. The maximum Gasteiger partial charge on any atom is 0.255 e. The van der Waals surface area contributed by atoms with E-state index in [1.54, 1.807) is 43.5 Å². The van der Waals surface area contributed by atoms with Crippen LogP contribution in [0, 0.1) is 6.92 Å². The van der Waals surface area contributed by atoms with Crippen molar-refractivity contribution >= 4 is 11.6 Å². The highest BCUT2D eigenvalue weighted by molar-refractivity contribution is 6.04. The lowest BCUT2D eigenvalue weighted by Crippen LogP contribution is -2.11. The van der Waals surface area contributed by atoms with Gasteiger partial charge in [0.2, 0.25) is 11.7 Å². The van der Waals surface area contributed by atoms with Gasteiger partial charge in [-0.3, -0.25) is 4.79 Å². The van der Waals surface area contributed by atoms with Crippen LogP contribution in [0.25, 0.3) is 22.7 Å². The lowest BCUT2D eigenvalue weighted by atomic mass is 10.1. The SMILES string of the molecule is Cc1nc(-c2ccc(C(=O)Nc3ccc(-c4ccno4)cc3)cc2)no1. The predicted octanol–water partition coefficient (Wildman–Crippen LogP) is 3.95. The number of hydrogen-bond donors (Lipinski definition) is 1. The number of anilines is 1. The molecule has 0 fully saturated rings. The molecule has 2 heterocycles. The van der Waals surface area contributed by atoms with Crippen LogP contribution >= 0.6 is 0 Å². The van der Waals surface area contributed by atoms with Gasteiger partial charge in [0, 0.05) is 35.4 Å². The maximum atomic E-state index is 12.4. The Labute approximate surface area is 148 Å². The molecule has 0 unspecified atom stereocenters. The molecule has 4 rings (SSSR count). The van der Waals surface area contributed by atoms with Gasteiger partial charge in [-0.2, -0.15) is 4.98 Å². The summed E-state index contributed by atoms with van der Waals surface area (Å²) in [5.74, 6) is 1.47. The molecule has 1 amide bonds. The minimum atomic E-state index is -0.201. The standard InChI is InChI=1S/C19H14N4O3/c1-12-21-18(23-25-12)14-2-4-15(5-3-14)19(24)22-16-8-6-13(7-9-16)17-10-11-20-26-17/h2-11H,1H3,(H,22,24). The minimum Gasteiger partial charge on any atom is -0.356 e. The average Bonchev–Trinajstić information content (AvgIpc) is 3.34. The monoisotopic (exact) mass is 346 g/mol. The number of hydrogen-bond acceptors (Lipinski definition) is 6. The Morgan fingerprint density at radius 2 is 1.65 bits per heavy atom. The van der Waals surface area contributed by atoms with E-state index in [1.807, 2.05) is 24.3 Å². The van der Waals surface area contributed by atoms with E-state index in [0.717, 1.165) is 11.1 Å². The fraction of sp³-hybridized carbons (Fsp3) is 0.0526. The number of carbonyl (C=O) groups excluding carboxylic acids is 1. The van der Waals surface area contributed by atoms with Crippen molar-refractivity contribution in [3.8, 4) is 22.7 Å². The number of aromatic nitrogens is 3. The molecule has 0 aliphatic rings. The highest BCUT2D eigenvalue weighted by Crippen LogP contribution is 2.21. The van der Waals surface area contributed by atoms with Gasteiger partial charge in [0.05, 0.1) is 6.20 Å². The van der Waals surface area contributed by atoms with E-state index in [-0.39, 0.29) is 5.91 Å². The number of amides is 1.